The van der Waals surface area contributed by atoms with E-state index >= 15 is 0 Å². The summed E-state index contributed by atoms with van der Waals surface area (Å²) in [6.45, 7) is 2.15. The molecule has 1 heterocycles. The number of hydrogen-bond acceptors (Lipinski definition) is 3. The molecule has 5 nitrogen and oxygen atoms in total. The first-order valence-corrected chi connectivity index (χ1v) is 10.6. The molecule has 0 saturated carbocycles. The molecule has 0 unspecified atom stereocenters. The van der Waals surface area contributed by atoms with Crippen molar-refractivity contribution in [2.24, 2.45) is 10.7 Å². The molecular formula is C24H31N3O2. The second kappa shape index (κ2) is 8.87. The molecule has 0 radical (unpaired) electrons. The van der Waals surface area contributed by atoms with Crippen LogP contribution >= 0.6 is 0 Å². The van der Waals surface area contributed by atoms with E-state index in [1.54, 1.807) is 7.11 Å². The van der Waals surface area contributed by atoms with Crippen molar-refractivity contribution in [2.45, 2.75) is 43.9 Å². The maximum absolute atomic E-state index is 6.33. The van der Waals surface area contributed by atoms with Gasteiger partial charge in [-0.2, -0.15) is 0 Å². The maximum atomic E-state index is 6.33. The van der Waals surface area contributed by atoms with Gasteiger partial charge in [-0.3, -0.25) is 4.99 Å². The zero-order chi connectivity index (χ0) is 20.1. The van der Waals surface area contributed by atoms with Crippen LogP contribution in [0.1, 0.15) is 42.4 Å². The van der Waals surface area contributed by atoms with Gasteiger partial charge in [0.15, 0.2) is 5.96 Å². The predicted octanol–water partition coefficient (Wildman–Crippen LogP) is 4.05. The summed E-state index contributed by atoms with van der Waals surface area (Å²) in [6.07, 6.45) is 6.66. The van der Waals surface area contributed by atoms with Crippen LogP contribution in [0.3, 0.4) is 0 Å². The highest BCUT2D eigenvalue weighted by Gasteiger charge is 2.34. The van der Waals surface area contributed by atoms with Gasteiger partial charge >= 0.3 is 0 Å². The van der Waals surface area contributed by atoms with Crippen molar-refractivity contribution in [3.8, 4) is 5.75 Å². The van der Waals surface area contributed by atoms with E-state index in [1.165, 1.54) is 29.5 Å². The number of aliphatic imine (C=N–C) groups is 1. The topological polar surface area (TPSA) is 68.9 Å². The third-order valence-electron chi connectivity index (χ3n) is 6.36. The van der Waals surface area contributed by atoms with Gasteiger partial charge in [0.05, 0.1) is 13.7 Å². The maximum Gasteiger partial charge on any atom is 0.193 e. The van der Waals surface area contributed by atoms with Crippen molar-refractivity contribution < 1.29 is 9.47 Å². The molecule has 1 fully saturated rings. The highest BCUT2D eigenvalue weighted by molar-refractivity contribution is 5.93. The van der Waals surface area contributed by atoms with Crippen molar-refractivity contribution in [3.05, 3.63) is 59.2 Å². The summed E-state index contributed by atoms with van der Waals surface area (Å²) in [5, 5.41) is 3.37. The third-order valence-corrected chi connectivity index (χ3v) is 6.36. The van der Waals surface area contributed by atoms with Gasteiger partial charge in [-0.1, -0.05) is 24.3 Å². The Morgan fingerprint density at radius 1 is 1.10 bits per heavy atom. The monoisotopic (exact) mass is 393 g/mol. The van der Waals surface area contributed by atoms with Gasteiger partial charge in [0, 0.05) is 24.3 Å². The fraction of sp³-hybridized carbons (Fsp3) is 0.458. The first-order valence-electron chi connectivity index (χ1n) is 10.6. The third kappa shape index (κ3) is 4.40. The molecule has 1 saturated heterocycles. The number of hydrogen-bond donors (Lipinski definition) is 2. The van der Waals surface area contributed by atoms with Gasteiger partial charge in [0.25, 0.3) is 0 Å². The molecule has 0 spiro atoms. The molecule has 4 rings (SSSR count). The fourth-order valence-corrected chi connectivity index (χ4v) is 4.56. The molecule has 3 N–H and O–H groups in total. The standard InChI is InChI=1S/C24H31N3O2/c1-28-20-11-9-19(10-12-20)24(13-15-29-16-14-24)17-26-23(25)27-22-8-4-6-18-5-2-3-7-21(18)22/h4,6,8-12H,2-3,5,7,13-17H2,1H3,(H3,25,26,27). The van der Waals surface area contributed by atoms with Crippen LogP contribution in [0.5, 0.6) is 5.75 Å². The van der Waals surface area contributed by atoms with E-state index in [-0.39, 0.29) is 5.41 Å². The van der Waals surface area contributed by atoms with Crippen molar-refractivity contribution in [3.63, 3.8) is 0 Å². The predicted molar refractivity (Wildman–Crippen MR) is 118 cm³/mol. The van der Waals surface area contributed by atoms with Crippen molar-refractivity contribution >= 4 is 11.6 Å². The summed E-state index contributed by atoms with van der Waals surface area (Å²) in [5.74, 6) is 1.36. The normalized spacial score (nSPS) is 18.7. The van der Waals surface area contributed by atoms with Gasteiger partial charge in [-0.05, 0) is 73.4 Å². The van der Waals surface area contributed by atoms with Crippen LogP contribution in [-0.2, 0) is 23.0 Å². The Labute approximate surface area is 173 Å². The highest BCUT2D eigenvalue weighted by Crippen LogP contribution is 2.36. The Morgan fingerprint density at radius 2 is 1.86 bits per heavy atom. The first kappa shape index (κ1) is 19.8. The Morgan fingerprint density at radius 3 is 2.62 bits per heavy atom. The van der Waals surface area contributed by atoms with Crippen LogP contribution in [0.2, 0.25) is 0 Å². The average Bonchev–Trinajstić information content (AvgIpc) is 2.79. The lowest BCUT2D eigenvalue weighted by Crippen LogP contribution is -2.38. The average molecular weight is 394 g/mol. The summed E-state index contributed by atoms with van der Waals surface area (Å²) in [4.78, 5) is 4.78. The number of anilines is 1. The number of nitrogens with two attached hydrogens (primary N) is 1. The summed E-state index contributed by atoms with van der Waals surface area (Å²) in [6, 6.07) is 14.8. The number of guanidine groups is 1. The van der Waals surface area contributed by atoms with Crippen LogP contribution in [0, 0.1) is 0 Å². The molecule has 0 atom stereocenters. The summed E-state index contributed by atoms with van der Waals surface area (Å²) < 4.78 is 11.0. The number of nitrogens with one attached hydrogen (secondary N) is 1. The van der Waals surface area contributed by atoms with E-state index in [0.29, 0.717) is 12.5 Å². The second-order valence-electron chi connectivity index (χ2n) is 8.10. The summed E-state index contributed by atoms with van der Waals surface area (Å²) >= 11 is 0. The van der Waals surface area contributed by atoms with Gasteiger partial charge in [-0.15, -0.1) is 0 Å². The van der Waals surface area contributed by atoms with Crippen LogP contribution in [0.4, 0.5) is 5.69 Å². The number of benzene rings is 2. The fourth-order valence-electron chi connectivity index (χ4n) is 4.56. The van der Waals surface area contributed by atoms with E-state index in [0.717, 1.165) is 50.3 Å². The van der Waals surface area contributed by atoms with Crippen molar-refractivity contribution in [1.82, 2.24) is 0 Å². The molecule has 2 aromatic carbocycles. The van der Waals surface area contributed by atoms with Gasteiger partial charge < -0.3 is 20.5 Å². The number of ether oxygens (including phenoxy) is 2. The van der Waals surface area contributed by atoms with Gasteiger partial charge in [0.1, 0.15) is 5.75 Å². The lowest BCUT2D eigenvalue weighted by Gasteiger charge is -2.36. The van der Waals surface area contributed by atoms with Crippen LogP contribution in [0.15, 0.2) is 47.5 Å². The number of fused-ring (bicyclic) bond motifs is 1. The molecule has 2 aromatic rings. The van der Waals surface area contributed by atoms with Gasteiger partial charge in [0.2, 0.25) is 0 Å². The molecule has 0 aromatic heterocycles. The molecule has 154 valence electrons. The number of aryl methyl sites for hydroxylation is 1. The molecule has 0 amide bonds. The van der Waals surface area contributed by atoms with Crippen LogP contribution in [-0.4, -0.2) is 32.8 Å². The Bertz CT molecular complexity index is 855. The Balaban J connectivity index is 1.53. The largest absolute Gasteiger partial charge is 0.497 e. The zero-order valence-corrected chi connectivity index (χ0v) is 17.2. The molecule has 5 heteroatoms. The van der Waals surface area contributed by atoms with Crippen molar-refractivity contribution in [1.29, 1.82) is 0 Å². The van der Waals surface area contributed by atoms with E-state index in [1.807, 2.05) is 12.1 Å². The highest BCUT2D eigenvalue weighted by atomic mass is 16.5. The Kier molecular flexibility index (Phi) is 6.05. The second-order valence-corrected chi connectivity index (χ2v) is 8.10. The quantitative estimate of drug-likeness (QED) is 0.594. The minimum Gasteiger partial charge on any atom is -0.497 e. The minimum absolute atomic E-state index is 0.0487. The van der Waals surface area contributed by atoms with Gasteiger partial charge in [-0.25, -0.2) is 0 Å². The minimum atomic E-state index is -0.0487. The Hall–Kier alpha value is -2.53. The van der Waals surface area contributed by atoms with E-state index < -0.39 is 0 Å². The van der Waals surface area contributed by atoms with E-state index in [4.69, 9.17) is 20.2 Å². The number of rotatable bonds is 5. The molecule has 1 aliphatic carbocycles. The zero-order valence-electron chi connectivity index (χ0n) is 17.2. The lowest BCUT2D eigenvalue weighted by atomic mass is 9.74. The summed E-state index contributed by atoms with van der Waals surface area (Å²) in [5.41, 5.74) is 11.5. The number of methoxy groups -OCH3 is 1. The SMILES string of the molecule is COc1ccc(C2(CN=C(N)Nc3cccc4c3CCCC4)CCOCC2)cc1. The van der Waals surface area contributed by atoms with Crippen molar-refractivity contribution in [2.75, 3.05) is 32.2 Å². The molecule has 1 aliphatic heterocycles. The molecule has 0 bridgehead atoms. The molecule has 29 heavy (non-hydrogen) atoms. The lowest BCUT2D eigenvalue weighted by molar-refractivity contribution is 0.0531. The van der Waals surface area contributed by atoms with E-state index in [9.17, 15) is 0 Å². The van der Waals surface area contributed by atoms with Crippen LogP contribution < -0.4 is 15.8 Å². The molecule has 2 aliphatic rings. The van der Waals surface area contributed by atoms with Crippen LogP contribution in [0.25, 0.3) is 0 Å². The molecular weight excluding hydrogens is 362 g/mol. The smallest absolute Gasteiger partial charge is 0.193 e. The van der Waals surface area contributed by atoms with E-state index in [2.05, 4.69) is 35.6 Å². The number of nitrogens with zero attached hydrogens (tertiary/aromatic N) is 1. The summed E-state index contributed by atoms with van der Waals surface area (Å²) in [7, 11) is 1.69. The first-order chi connectivity index (χ1) is 14.2.